The molecular weight excluding hydrogens is 757 g/mol. The van der Waals surface area contributed by atoms with Gasteiger partial charge in [-0.1, -0.05) is 59.3 Å². The van der Waals surface area contributed by atoms with E-state index in [1.54, 1.807) is 39.9 Å². The van der Waals surface area contributed by atoms with Gasteiger partial charge < -0.3 is 28.5 Å². The highest BCUT2D eigenvalue weighted by molar-refractivity contribution is 9.10. The zero-order valence-electron chi connectivity index (χ0n) is 29.8. The third kappa shape index (κ3) is 5.90. The van der Waals surface area contributed by atoms with Crippen molar-refractivity contribution in [3.63, 3.8) is 0 Å². The number of aliphatic hydroxyl groups excluding tert-OH is 1. The fourth-order valence-electron chi connectivity index (χ4n) is 9.02. The Morgan fingerprint density at radius 3 is 2.43 bits per heavy atom. The first-order valence-electron chi connectivity index (χ1n) is 18.1. The van der Waals surface area contributed by atoms with Crippen molar-refractivity contribution in [1.82, 2.24) is 4.90 Å². The number of hydrogen-bond acceptors (Lipinski definition) is 6. The number of anilines is 3. The van der Waals surface area contributed by atoms with E-state index in [4.69, 9.17) is 9.47 Å². The van der Waals surface area contributed by atoms with E-state index in [1.165, 1.54) is 0 Å². The molecule has 53 heavy (non-hydrogen) atoms. The van der Waals surface area contributed by atoms with E-state index < -0.39 is 31.6 Å². The van der Waals surface area contributed by atoms with Gasteiger partial charge in [-0.05, 0) is 86.1 Å². The van der Waals surface area contributed by atoms with Gasteiger partial charge in [0.25, 0.3) is 11.8 Å². The number of hydrogen-bond donors (Lipinski definition) is 1. The highest BCUT2D eigenvalue weighted by atomic mass is 79.9. The lowest BCUT2D eigenvalue weighted by molar-refractivity contribution is -0.150. The van der Waals surface area contributed by atoms with Crippen LogP contribution in [-0.4, -0.2) is 61.4 Å². The molecule has 4 aromatic rings. The molecule has 4 aliphatic rings. The summed E-state index contributed by atoms with van der Waals surface area (Å²) in [6, 6.07) is 27.5. The van der Waals surface area contributed by atoms with E-state index in [1.807, 2.05) is 85.8 Å². The van der Waals surface area contributed by atoms with Gasteiger partial charge in [0.05, 0.1) is 48.7 Å². The number of rotatable bonds is 7. The van der Waals surface area contributed by atoms with E-state index in [0.29, 0.717) is 46.2 Å². The van der Waals surface area contributed by atoms with E-state index in [0.717, 1.165) is 22.9 Å². The van der Waals surface area contributed by atoms with Crippen molar-refractivity contribution in [2.45, 2.75) is 69.1 Å². The number of halogens is 2. The van der Waals surface area contributed by atoms with Crippen LogP contribution < -0.4 is 14.5 Å². The molecule has 4 aliphatic heterocycles. The highest BCUT2D eigenvalue weighted by Gasteiger charge is 2.67. The van der Waals surface area contributed by atoms with Crippen LogP contribution in [0.2, 0.25) is 18.6 Å². The van der Waals surface area contributed by atoms with Gasteiger partial charge >= 0.3 is 0 Å². The van der Waals surface area contributed by atoms with Crippen LogP contribution in [-0.2, 0) is 26.5 Å². The van der Waals surface area contributed by atoms with Gasteiger partial charge in [0, 0.05) is 33.7 Å². The zero-order chi connectivity index (χ0) is 37.2. The van der Waals surface area contributed by atoms with Crippen LogP contribution in [0.1, 0.15) is 47.7 Å². The van der Waals surface area contributed by atoms with Gasteiger partial charge in [0.15, 0.2) is 11.4 Å². The van der Waals surface area contributed by atoms with Gasteiger partial charge in [-0.2, -0.15) is 0 Å². The molecule has 1 N–H and O–H groups in total. The number of carbonyl (C=O) groups is 3. The predicted octanol–water partition coefficient (Wildman–Crippen LogP) is 8.23. The molecule has 4 aromatic carbocycles. The minimum atomic E-state index is -3.48. The molecule has 0 aromatic heterocycles. The minimum absolute atomic E-state index is 0.0560. The van der Waals surface area contributed by atoms with E-state index in [-0.39, 0.29) is 43.3 Å². The molecule has 4 heterocycles. The maximum absolute atomic E-state index is 16.4. The maximum atomic E-state index is 16.4. The van der Waals surface area contributed by atoms with Crippen LogP contribution in [0.3, 0.4) is 0 Å². The molecule has 12 heteroatoms. The number of ether oxygens (including phenoxy) is 2. The Labute approximate surface area is 317 Å². The molecule has 0 bridgehead atoms. The Morgan fingerprint density at radius 1 is 0.981 bits per heavy atom. The molecular formula is C41H41BrFN3O6Si. The first kappa shape index (κ1) is 35.7. The first-order valence-corrected chi connectivity index (χ1v) is 21.9. The molecule has 5 atom stereocenters. The van der Waals surface area contributed by atoms with Gasteiger partial charge in [0.2, 0.25) is 14.3 Å². The van der Waals surface area contributed by atoms with Crippen LogP contribution in [0, 0.1) is 5.92 Å². The quantitative estimate of drug-likeness (QED) is 0.150. The Bertz CT molecular complexity index is 2110. The summed E-state index contributed by atoms with van der Waals surface area (Å²) in [4.78, 5) is 47.5. The Morgan fingerprint density at radius 2 is 1.70 bits per heavy atom. The van der Waals surface area contributed by atoms with Crippen molar-refractivity contribution in [2.24, 2.45) is 5.92 Å². The number of aliphatic hydroxyl groups is 1. The number of likely N-dealkylation sites (tertiary alicyclic amines) is 1. The second kappa shape index (κ2) is 13.5. The number of para-hydroxylation sites is 3. The van der Waals surface area contributed by atoms with Crippen molar-refractivity contribution in [3.05, 3.63) is 112 Å². The standard InChI is InChI=1S/C41H41BrFN3O6Si/c1-25-38(53(2,3)43)36(22-37(48)44-20-8-9-29(44)24-47)52-41(25)31-21-27(42)16-19-32(31)45(40(41)50)23-26-14-17-28(18-15-26)46-33-11-5-7-13-35(33)51-34-12-6-4-10-30(34)39(46)49/h4-7,10-19,21,25,29,36,38,47H,8-9,20,22-24H2,1-3H3/t25-,29+,36+,38-,41+/m1/s1. The van der Waals surface area contributed by atoms with Gasteiger partial charge in [-0.3, -0.25) is 19.3 Å². The topological polar surface area (TPSA) is 99.6 Å². The Kier molecular flexibility index (Phi) is 9.08. The van der Waals surface area contributed by atoms with Crippen LogP contribution in [0.4, 0.5) is 21.2 Å². The number of fused-ring (bicyclic) bond motifs is 4. The number of carbonyl (C=O) groups excluding carboxylic acids is 3. The fourth-order valence-corrected chi connectivity index (χ4v) is 11.9. The number of amides is 3. The molecule has 0 aliphatic carbocycles. The largest absolute Gasteiger partial charge is 0.454 e. The summed E-state index contributed by atoms with van der Waals surface area (Å²) in [6.07, 6.45) is 0.665. The smallest absolute Gasteiger partial charge is 0.266 e. The third-order valence-corrected chi connectivity index (χ3v) is 14.3. The van der Waals surface area contributed by atoms with Gasteiger partial charge in [0.1, 0.15) is 5.75 Å². The summed E-state index contributed by atoms with van der Waals surface area (Å²) >= 11 is 3.59. The second-order valence-electron chi connectivity index (χ2n) is 15.0. The normalized spacial score (nSPS) is 25.0. The van der Waals surface area contributed by atoms with Crippen molar-refractivity contribution in [1.29, 1.82) is 0 Å². The van der Waals surface area contributed by atoms with Crippen LogP contribution in [0.5, 0.6) is 11.5 Å². The fraction of sp³-hybridized carbons (Fsp3) is 0.341. The molecule has 0 radical (unpaired) electrons. The van der Waals surface area contributed by atoms with Crippen molar-refractivity contribution >= 4 is 59.1 Å². The minimum Gasteiger partial charge on any atom is -0.454 e. The summed E-state index contributed by atoms with van der Waals surface area (Å²) in [6.45, 7) is 5.76. The van der Waals surface area contributed by atoms with E-state index >= 15 is 4.11 Å². The molecule has 9 nitrogen and oxygen atoms in total. The van der Waals surface area contributed by atoms with E-state index in [9.17, 15) is 19.5 Å². The van der Waals surface area contributed by atoms with Crippen LogP contribution in [0.25, 0.3) is 0 Å². The Balaban J connectivity index is 1.11. The lowest BCUT2D eigenvalue weighted by atomic mass is 9.82. The molecule has 0 unspecified atom stereocenters. The van der Waals surface area contributed by atoms with Gasteiger partial charge in [-0.15, -0.1) is 0 Å². The van der Waals surface area contributed by atoms with Crippen molar-refractivity contribution in [3.8, 4) is 11.5 Å². The zero-order valence-corrected chi connectivity index (χ0v) is 32.4. The third-order valence-electron chi connectivity index (χ3n) is 11.4. The lowest BCUT2D eigenvalue weighted by Gasteiger charge is -2.31. The summed E-state index contributed by atoms with van der Waals surface area (Å²) in [5.41, 5.74) is 1.73. The van der Waals surface area contributed by atoms with Gasteiger partial charge in [-0.25, -0.2) is 0 Å². The molecule has 2 fully saturated rings. The molecule has 8 rings (SSSR count). The summed E-state index contributed by atoms with van der Waals surface area (Å²) in [5, 5.41) is 9.88. The molecule has 2 saturated heterocycles. The average Bonchev–Trinajstić information content (AvgIpc) is 3.77. The van der Waals surface area contributed by atoms with Crippen LogP contribution >= 0.6 is 15.9 Å². The predicted molar refractivity (Wildman–Crippen MR) is 206 cm³/mol. The lowest BCUT2D eigenvalue weighted by Crippen LogP contribution is -2.45. The molecule has 0 saturated carbocycles. The number of benzene rings is 4. The van der Waals surface area contributed by atoms with Crippen LogP contribution in [0.15, 0.2) is 95.5 Å². The second-order valence-corrected chi connectivity index (χ2v) is 19.7. The summed E-state index contributed by atoms with van der Waals surface area (Å²) < 4.78 is 30.1. The molecule has 274 valence electrons. The summed E-state index contributed by atoms with van der Waals surface area (Å²) in [5.74, 6) is -0.205. The molecule has 3 amide bonds. The van der Waals surface area contributed by atoms with E-state index in [2.05, 4.69) is 15.9 Å². The molecule has 1 spiro atoms. The highest BCUT2D eigenvalue weighted by Crippen LogP contribution is 2.60. The first-order chi connectivity index (χ1) is 25.4. The van der Waals surface area contributed by atoms with Crippen molar-refractivity contribution in [2.75, 3.05) is 23.0 Å². The Hall–Kier alpha value is -4.36. The SMILES string of the molecule is C[C@@H]1[C@@H]([Si](C)(C)F)[C@H](CC(=O)N2CCC[C@H]2CO)O[C@@]12C(=O)N(Cc1ccc(N3C(=O)c4ccccc4Oc4ccccc43)cc1)c1ccc(Br)cc12. The van der Waals surface area contributed by atoms with Crippen molar-refractivity contribution < 1.29 is 33.1 Å². The monoisotopic (exact) mass is 797 g/mol. The maximum Gasteiger partial charge on any atom is 0.266 e. The summed E-state index contributed by atoms with van der Waals surface area (Å²) in [7, 11) is -3.48. The number of nitrogens with zero attached hydrogens (tertiary/aromatic N) is 3. The average molecular weight is 799 g/mol.